The standard InChI is InChI=1S/C17H23BrN2S/c1-5-19-14(12-7-6-8-13(18)9-12)10-16-20-15(11-21-16)17(2,3)4/h6-9,11,14,19H,5,10H2,1-4H3. The molecule has 2 rings (SSSR count). The van der Waals surface area contributed by atoms with Gasteiger partial charge in [0.1, 0.15) is 0 Å². The van der Waals surface area contributed by atoms with Crippen molar-refractivity contribution in [1.82, 2.24) is 10.3 Å². The minimum atomic E-state index is 0.123. The van der Waals surface area contributed by atoms with E-state index >= 15 is 0 Å². The second kappa shape index (κ2) is 7.03. The summed E-state index contributed by atoms with van der Waals surface area (Å²) in [5.41, 5.74) is 2.61. The number of nitrogens with one attached hydrogen (secondary N) is 1. The second-order valence-corrected chi connectivity index (χ2v) is 8.10. The van der Waals surface area contributed by atoms with Gasteiger partial charge in [0.05, 0.1) is 10.7 Å². The number of nitrogens with zero attached hydrogens (tertiary/aromatic N) is 1. The number of hydrogen-bond donors (Lipinski definition) is 1. The molecule has 1 atom stereocenters. The average molecular weight is 367 g/mol. The fourth-order valence-corrected chi connectivity index (χ4v) is 3.69. The molecule has 1 heterocycles. The van der Waals surface area contributed by atoms with Crippen molar-refractivity contribution in [3.8, 4) is 0 Å². The van der Waals surface area contributed by atoms with Crippen LogP contribution >= 0.6 is 27.3 Å². The fraction of sp³-hybridized carbons (Fsp3) is 0.471. The Morgan fingerprint density at radius 1 is 1.33 bits per heavy atom. The maximum atomic E-state index is 4.82. The summed E-state index contributed by atoms with van der Waals surface area (Å²) in [4.78, 5) is 4.82. The first-order valence-electron chi connectivity index (χ1n) is 7.34. The normalized spacial score (nSPS) is 13.4. The average Bonchev–Trinajstić information content (AvgIpc) is 2.87. The zero-order valence-corrected chi connectivity index (χ0v) is 15.5. The molecule has 0 bridgehead atoms. The summed E-state index contributed by atoms with van der Waals surface area (Å²) in [6, 6.07) is 8.83. The van der Waals surface area contributed by atoms with E-state index in [9.17, 15) is 0 Å². The molecule has 0 fully saturated rings. The monoisotopic (exact) mass is 366 g/mol. The molecule has 2 aromatic rings. The van der Waals surface area contributed by atoms with Gasteiger partial charge in [0.15, 0.2) is 0 Å². The smallest absolute Gasteiger partial charge is 0.0947 e. The van der Waals surface area contributed by atoms with Gasteiger partial charge in [0.2, 0.25) is 0 Å². The van der Waals surface area contributed by atoms with E-state index in [4.69, 9.17) is 4.98 Å². The van der Waals surface area contributed by atoms with Crippen molar-refractivity contribution in [1.29, 1.82) is 0 Å². The summed E-state index contributed by atoms with van der Waals surface area (Å²) in [5.74, 6) is 0. The molecule has 0 radical (unpaired) electrons. The number of likely N-dealkylation sites (N-methyl/N-ethyl adjacent to an activating group) is 1. The molecule has 0 aliphatic heterocycles. The Balaban J connectivity index is 2.18. The van der Waals surface area contributed by atoms with Gasteiger partial charge in [-0.05, 0) is 24.2 Å². The number of aromatic nitrogens is 1. The van der Waals surface area contributed by atoms with Gasteiger partial charge in [-0.3, -0.25) is 0 Å². The van der Waals surface area contributed by atoms with E-state index in [0.29, 0.717) is 6.04 Å². The van der Waals surface area contributed by atoms with Crippen LogP contribution in [0.2, 0.25) is 0 Å². The van der Waals surface area contributed by atoms with Crippen LogP contribution in [0.15, 0.2) is 34.1 Å². The van der Waals surface area contributed by atoms with E-state index in [2.05, 4.69) is 78.6 Å². The van der Waals surface area contributed by atoms with Crippen LogP contribution in [0.3, 0.4) is 0 Å². The van der Waals surface area contributed by atoms with Crippen molar-refractivity contribution in [2.24, 2.45) is 0 Å². The van der Waals surface area contributed by atoms with Crippen molar-refractivity contribution < 1.29 is 0 Å². The third-order valence-electron chi connectivity index (χ3n) is 3.40. The minimum absolute atomic E-state index is 0.123. The van der Waals surface area contributed by atoms with E-state index < -0.39 is 0 Å². The van der Waals surface area contributed by atoms with Crippen LogP contribution in [0, 0.1) is 0 Å². The van der Waals surface area contributed by atoms with Gasteiger partial charge < -0.3 is 5.32 Å². The van der Waals surface area contributed by atoms with Gasteiger partial charge in [0, 0.05) is 27.7 Å². The summed E-state index contributed by atoms with van der Waals surface area (Å²) in [6.07, 6.45) is 0.936. The van der Waals surface area contributed by atoms with Crippen molar-refractivity contribution in [2.75, 3.05) is 6.54 Å². The van der Waals surface area contributed by atoms with E-state index in [-0.39, 0.29) is 5.41 Å². The number of hydrogen-bond acceptors (Lipinski definition) is 3. The number of benzene rings is 1. The molecular weight excluding hydrogens is 344 g/mol. The lowest BCUT2D eigenvalue weighted by atomic mass is 9.93. The predicted octanol–water partition coefficient (Wildman–Crippen LogP) is 5.10. The van der Waals surface area contributed by atoms with Crippen LogP contribution in [-0.2, 0) is 11.8 Å². The highest BCUT2D eigenvalue weighted by molar-refractivity contribution is 9.10. The maximum absolute atomic E-state index is 4.82. The number of halogens is 1. The summed E-state index contributed by atoms with van der Waals surface area (Å²) in [7, 11) is 0. The van der Waals surface area contributed by atoms with Crippen LogP contribution in [0.4, 0.5) is 0 Å². The molecule has 1 aromatic carbocycles. The summed E-state index contributed by atoms with van der Waals surface area (Å²) in [6.45, 7) is 9.73. The number of rotatable bonds is 5. The lowest BCUT2D eigenvalue weighted by Gasteiger charge is -2.18. The maximum Gasteiger partial charge on any atom is 0.0947 e. The first-order chi connectivity index (χ1) is 9.90. The molecule has 4 heteroatoms. The molecule has 21 heavy (non-hydrogen) atoms. The third kappa shape index (κ3) is 4.63. The van der Waals surface area contributed by atoms with E-state index in [0.717, 1.165) is 17.4 Å². The Labute approximate surface area is 140 Å². The molecule has 0 saturated carbocycles. The zero-order chi connectivity index (χ0) is 15.5. The van der Waals surface area contributed by atoms with E-state index in [1.165, 1.54) is 16.3 Å². The Kier molecular flexibility index (Phi) is 5.58. The largest absolute Gasteiger partial charge is 0.310 e. The van der Waals surface area contributed by atoms with Gasteiger partial charge >= 0.3 is 0 Å². The molecule has 0 aliphatic rings. The SMILES string of the molecule is CCNC(Cc1nc(C(C)(C)C)cs1)c1cccc(Br)c1. The van der Waals surface area contributed by atoms with Gasteiger partial charge in [-0.25, -0.2) is 4.98 Å². The second-order valence-electron chi connectivity index (χ2n) is 6.25. The van der Waals surface area contributed by atoms with Crippen LogP contribution in [0.1, 0.15) is 50.0 Å². The summed E-state index contributed by atoms with van der Waals surface area (Å²) >= 11 is 5.32. The molecule has 114 valence electrons. The van der Waals surface area contributed by atoms with Gasteiger partial charge in [-0.2, -0.15) is 0 Å². The molecule has 0 aliphatic carbocycles. The first-order valence-corrected chi connectivity index (χ1v) is 9.01. The van der Waals surface area contributed by atoms with Crippen LogP contribution in [0.25, 0.3) is 0 Å². The molecule has 1 N–H and O–H groups in total. The molecular formula is C17H23BrN2S. The molecule has 1 unspecified atom stereocenters. The van der Waals surface area contributed by atoms with Crippen molar-refractivity contribution in [3.63, 3.8) is 0 Å². The van der Waals surface area contributed by atoms with Gasteiger partial charge in [-0.15, -0.1) is 11.3 Å². The molecule has 0 amide bonds. The van der Waals surface area contributed by atoms with Crippen LogP contribution < -0.4 is 5.32 Å². The molecule has 2 nitrogen and oxygen atoms in total. The lowest BCUT2D eigenvalue weighted by molar-refractivity contribution is 0.539. The molecule has 0 spiro atoms. The summed E-state index contributed by atoms with van der Waals surface area (Å²) in [5, 5.41) is 6.96. The van der Waals surface area contributed by atoms with Gasteiger partial charge in [-0.1, -0.05) is 55.8 Å². The Hall–Kier alpha value is -0.710. The first kappa shape index (κ1) is 16.7. The predicted molar refractivity (Wildman–Crippen MR) is 95.1 cm³/mol. The molecule has 0 saturated heterocycles. The molecule has 1 aromatic heterocycles. The Morgan fingerprint density at radius 3 is 2.67 bits per heavy atom. The lowest BCUT2D eigenvalue weighted by Crippen LogP contribution is -2.23. The fourth-order valence-electron chi connectivity index (χ4n) is 2.20. The highest BCUT2D eigenvalue weighted by atomic mass is 79.9. The van der Waals surface area contributed by atoms with Crippen molar-refractivity contribution in [3.05, 3.63) is 50.4 Å². The van der Waals surface area contributed by atoms with Crippen molar-refractivity contribution >= 4 is 27.3 Å². The third-order valence-corrected chi connectivity index (χ3v) is 4.76. The Bertz CT molecular complexity index is 586. The van der Waals surface area contributed by atoms with E-state index in [1.807, 2.05) is 0 Å². The Morgan fingerprint density at radius 2 is 2.10 bits per heavy atom. The quantitative estimate of drug-likeness (QED) is 0.796. The highest BCUT2D eigenvalue weighted by Crippen LogP contribution is 2.27. The van der Waals surface area contributed by atoms with Crippen LogP contribution in [-0.4, -0.2) is 11.5 Å². The van der Waals surface area contributed by atoms with Crippen LogP contribution in [0.5, 0.6) is 0 Å². The zero-order valence-electron chi connectivity index (χ0n) is 13.1. The summed E-state index contributed by atoms with van der Waals surface area (Å²) < 4.78 is 1.12. The topological polar surface area (TPSA) is 24.9 Å². The number of thiazole rings is 1. The van der Waals surface area contributed by atoms with E-state index in [1.54, 1.807) is 11.3 Å². The van der Waals surface area contributed by atoms with Gasteiger partial charge in [0.25, 0.3) is 0 Å². The highest BCUT2D eigenvalue weighted by Gasteiger charge is 2.19. The minimum Gasteiger partial charge on any atom is -0.310 e. The van der Waals surface area contributed by atoms with Crippen molar-refractivity contribution in [2.45, 2.75) is 45.6 Å².